The van der Waals surface area contributed by atoms with Crippen molar-refractivity contribution in [1.29, 1.82) is 0 Å². The van der Waals surface area contributed by atoms with Gasteiger partial charge in [-0.1, -0.05) is 0 Å². The molecule has 38 N–H and O–H groups in total. The Hall–Kier alpha value is -15.8. The normalized spacial score (nSPS) is 12.8. The first-order valence-electron chi connectivity index (χ1n) is 37.4. The van der Waals surface area contributed by atoms with Crippen molar-refractivity contribution in [3.63, 3.8) is 0 Å². The van der Waals surface area contributed by atoms with Gasteiger partial charge in [-0.2, -0.15) is 130 Å². The topological polar surface area (TPSA) is 941 Å². The number of aliphatic hydroxyl groups excluding tert-OH is 8. The SMILES string of the molecule is C=O.CCN=C1NC2=NCNc3nc(NCC)nc(n3)NCN3CNc4nc(nc(n4)NCNc4nc(NCC)nc(n4)NCNc4nc(NCC)nc3n4)NCN=C(N1)N2.Nc1nc(N)nc(N)n1.O.OCNc1nc(CCCc2nc(NCO)nc(NCO)n2)nc(CCCc2nc(NCO)nc(NCO)n2)n1.OCNc1nc(NCO)nc(NCO)n1. The number of nitrogens with one attached hydrogen (secondary N) is 22. The van der Waals surface area contributed by atoms with Gasteiger partial charge in [-0.3, -0.25) is 20.9 Å². The summed E-state index contributed by atoms with van der Waals surface area (Å²) in [4.78, 5) is 139. The highest BCUT2D eigenvalue weighted by atomic mass is 16.3. The summed E-state index contributed by atoms with van der Waals surface area (Å²) >= 11 is 0. The van der Waals surface area contributed by atoms with Gasteiger partial charge in [0, 0.05) is 51.9 Å². The molecule has 12 rings (SSSR count). The Kier molecular flexibility index (Phi) is 40.8. The molecule has 676 valence electrons. The van der Waals surface area contributed by atoms with Crippen LogP contribution in [0.15, 0.2) is 15.0 Å². The van der Waals surface area contributed by atoms with Crippen LogP contribution in [-0.4, -0.2) is 326 Å². The van der Waals surface area contributed by atoms with Crippen LogP contribution in [0.4, 0.5) is 137 Å². The van der Waals surface area contributed by atoms with Gasteiger partial charge in [0.2, 0.25) is 155 Å². The third-order valence-electron chi connectivity index (χ3n) is 14.5. The van der Waals surface area contributed by atoms with Crippen LogP contribution in [-0.2, 0) is 30.5 Å². The Morgan fingerprint density at radius 2 is 0.584 bits per heavy atom. The van der Waals surface area contributed by atoms with Crippen molar-refractivity contribution in [2.45, 2.75) is 66.2 Å². The van der Waals surface area contributed by atoms with Crippen molar-refractivity contribution in [2.75, 3.05) is 243 Å². The fraction of sp³-hybridized carbons (Fsp3) is 0.475. The monoisotopic (exact) mass is 1750 g/mol. The summed E-state index contributed by atoms with van der Waals surface area (Å²) in [6.45, 7) is 9.88. The van der Waals surface area contributed by atoms with Crippen molar-refractivity contribution in [3.05, 3.63) is 23.3 Å². The highest BCUT2D eigenvalue weighted by molar-refractivity contribution is 6.16. The van der Waals surface area contributed by atoms with E-state index in [1.54, 1.807) is 4.90 Å². The Labute approximate surface area is 708 Å². The fourth-order valence-electron chi connectivity index (χ4n) is 9.68. The molecule has 1 fully saturated rings. The zero-order chi connectivity index (χ0) is 88.6. The number of hydrogen-bond donors (Lipinski definition) is 33. The van der Waals surface area contributed by atoms with Crippen LogP contribution in [0.1, 0.15) is 63.8 Å². The number of hydrogen-bond acceptors (Lipinski definition) is 63. The second-order valence-corrected chi connectivity index (χ2v) is 23.3. The maximum atomic E-state index is 9.28. The lowest BCUT2D eigenvalue weighted by Gasteiger charge is -2.25. The van der Waals surface area contributed by atoms with E-state index >= 15 is 0 Å². The van der Waals surface area contributed by atoms with Gasteiger partial charge < -0.3 is 174 Å². The Balaban J connectivity index is 0.000000276. The van der Waals surface area contributed by atoms with Gasteiger partial charge in [-0.05, 0) is 40.5 Å². The smallest absolute Gasteiger partial charge is 0.234 e. The van der Waals surface area contributed by atoms with Gasteiger partial charge in [0.25, 0.3) is 0 Å². The molecule has 0 radical (unpaired) electrons. The molecule has 0 saturated carbocycles. The van der Waals surface area contributed by atoms with E-state index in [2.05, 4.69) is 257 Å². The Morgan fingerprint density at radius 1 is 0.320 bits per heavy atom. The zero-order valence-electron chi connectivity index (χ0n) is 67.8. The summed E-state index contributed by atoms with van der Waals surface area (Å²) in [6.07, 6.45) is 2.98. The molecule has 3 aliphatic rings. The van der Waals surface area contributed by atoms with Crippen LogP contribution in [0.25, 0.3) is 0 Å². The van der Waals surface area contributed by atoms with Crippen molar-refractivity contribution in [2.24, 2.45) is 15.0 Å². The number of carbonyl (C=O) groups excluding carboxylic acids is 1. The number of nitrogens with two attached hydrogens (primary N) is 3. The number of aromatic nitrogens is 27. The number of nitrogens with zero attached hydrogens (tertiary/aromatic N) is 31. The molecule has 0 amide bonds. The largest absolute Gasteiger partial charge is 0.412 e. The quantitative estimate of drug-likeness (QED) is 0.0179. The highest BCUT2D eigenvalue weighted by Crippen LogP contribution is 2.20. The van der Waals surface area contributed by atoms with E-state index in [4.69, 9.17) is 67.7 Å². The predicted octanol–water partition coefficient (Wildman–Crippen LogP) is -8.47. The van der Waals surface area contributed by atoms with Gasteiger partial charge in [0.05, 0.1) is 26.7 Å². The molecule has 1 saturated heterocycles. The standard InChI is InChI=1S/C29H46N30.C20H32N14O5.C6H12N6O3.C3H6N6.CH2O.H2O/c1-5-30-15-44-19-34-9-37-23-48-17(32-7-3)49-27(54-23)42-13-59-14-43-28-55-24(38-10-35-20(45-15)51-19)53-25(56-28)39-11-36-21-46-16(31-6-2)47-22(52-21)40-12-41-26-50-18(33-8-4)57-29(59)58-26;35-7-21-16-27-12(3-1-5-14-29-17(22-8-36)33-18(30-14)23-9-37)26-13(28-16)4-2-6-15-31-19(24-10-38)34-20(32-15)25-11-39;13-1-7-4-10-5(8-2-14)12-6(11-4)9-3-15;4-1-7-2(5)9-3(6)8-1;1-2;/h5-14H2,1-4H3,(H2,33,41,50,57,58)(H3,30,34,35,44,45,51)(H3,31,36,40,46,47,52)(H3,32,37,42,48,49,54)(H3,38,39,43,53,55,56);35-39H,1-11H2,(H,21,26,27,28)(H2,22,23,29,30,33)(H2,24,25,31,32,34);13-15H,1-3H2,(H3,7,8,9,10,11,12);(H6,4,5,6,7,8,9);1H2;1H2. The first-order valence-corrected chi connectivity index (χ1v) is 37.4. The number of aliphatic imine (C=N–C) groups is 3. The molecule has 0 aromatic carbocycles. The molecule has 66 nitrogen and oxygen atoms in total. The lowest BCUT2D eigenvalue weighted by Crippen LogP contribution is -2.61. The summed E-state index contributed by atoms with van der Waals surface area (Å²) in [5.74, 6) is 7.95. The predicted molar refractivity (Wildman–Crippen MR) is 458 cm³/mol. The van der Waals surface area contributed by atoms with Gasteiger partial charge >= 0.3 is 0 Å². The van der Waals surface area contributed by atoms with Gasteiger partial charge in [0.15, 0.2) is 0 Å². The summed E-state index contributed by atoms with van der Waals surface area (Å²) in [5.41, 5.74) is 15.4. The molecule has 3 aliphatic heterocycles. The molecule has 9 aromatic rings. The van der Waals surface area contributed by atoms with Crippen LogP contribution in [0.2, 0.25) is 0 Å². The van der Waals surface area contributed by atoms with Crippen molar-refractivity contribution >= 4 is 161 Å². The third-order valence-corrected chi connectivity index (χ3v) is 14.5. The van der Waals surface area contributed by atoms with E-state index in [9.17, 15) is 5.11 Å². The molecule has 0 atom stereocenters. The molecule has 66 heteroatoms. The van der Waals surface area contributed by atoms with Gasteiger partial charge in [-0.25, -0.2) is 15.0 Å². The van der Waals surface area contributed by atoms with Gasteiger partial charge in [-0.15, -0.1) is 0 Å². The number of guanidine groups is 3. The van der Waals surface area contributed by atoms with Crippen LogP contribution in [0, 0.1) is 0 Å². The molecular formula is C59H100N56O10. The first-order chi connectivity index (χ1) is 60.5. The molecule has 12 heterocycles. The van der Waals surface area contributed by atoms with Crippen LogP contribution in [0.5, 0.6) is 0 Å². The average molecular weight is 1750 g/mol. The summed E-state index contributed by atoms with van der Waals surface area (Å²) in [6, 6.07) is 0. The van der Waals surface area contributed by atoms with Crippen molar-refractivity contribution in [3.8, 4) is 0 Å². The first kappa shape index (κ1) is 96.3. The van der Waals surface area contributed by atoms with E-state index in [0.717, 1.165) is 0 Å². The van der Waals surface area contributed by atoms with Gasteiger partial charge in [0.1, 0.15) is 97.3 Å². The number of carbonyl (C=O) groups is 1. The van der Waals surface area contributed by atoms with E-state index in [1.807, 2.05) is 34.5 Å². The molecular weight excluding hydrogens is 1650 g/mol. The third kappa shape index (κ3) is 33.7. The zero-order valence-corrected chi connectivity index (χ0v) is 67.8. The minimum Gasteiger partial charge on any atom is -0.412 e. The summed E-state index contributed by atoms with van der Waals surface area (Å²) in [7, 11) is 0. The number of nitrogen functional groups attached to an aromatic ring is 3. The van der Waals surface area contributed by atoms with Crippen LogP contribution >= 0.6 is 0 Å². The molecule has 0 aliphatic carbocycles. The lowest BCUT2D eigenvalue weighted by atomic mass is 10.2. The molecule has 12 bridgehead atoms. The molecule has 9 aromatic heterocycles. The van der Waals surface area contributed by atoms with E-state index < -0.39 is 0 Å². The average Bonchev–Trinajstić information content (AvgIpc) is 0.828. The van der Waals surface area contributed by atoms with E-state index in [0.29, 0.717) is 136 Å². The second-order valence-electron chi connectivity index (χ2n) is 23.3. The maximum Gasteiger partial charge on any atom is 0.234 e. The fourth-order valence-corrected chi connectivity index (χ4v) is 9.68. The number of rotatable bonds is 31. The summed E-state index contributed by atoms with van der Waals surface area (Å²) < 4.78 is 0. The minimum atomic E-state index is -0.356. The number of fused-ring (bicyclic) bond motifs is 13. The summed E-state index contributed by atoms with van der Waals surface area (Å²) in [5, 5.41) is 136. The number of anilines is 23. The van der Waals surface area contributed by atoms with E-state index in [1.165, 1.54) is 0 Å². The Morgan fingerprint density at radius 3 is 0.912 bits per heavy atom. The van der Waals surface area contributed by atoms with Crippen LogP contribution in [0.3, 0.4) is 0 Å². The van der Waals surface area contributed by atoms with Crippen molar-refractivity contribution < 1.29 is 51.1 Å². The number of aryl methyl sites for hydroxylation is 4. The van der Waals surface area contributed by atoms with E-state index in [-0.39, 0.29) is 206 Å². The molecule has 125 heavy (non-hydrogen) atoms. The lowest BCUT2D eigenvalue weighted by molar-refractivity contribution is -0.0980. The maximum absolute atomic E-state index is 9.28. The second kappa shape index (κ2) is 53.0. The highest BCUT2D eigenvalue weighted by Gasteiger charge is 2.22. The Bertz CT molecular complexity index is 4620. The van der Waals surface area contributed by atoms with Crippen molar-refractivity contribution in [1.82, 2.24) is 151 Å². The number of aliphatic hydroxyl groups is 8. The minimum absolute atomic E-state index is 0. The molecule has 0 unspecified atom stereocenters. The van der Waals surface area contributed by atoms with Crippen LogP contribution < -0.4 is 139 Å². The molecule has 0 spiro atoms.